The molecule has 3 nitrogen and oxygen atoms in total. The summed E-state index contributed by atoms with van der Waals surface area (Å²) in [6.07, 6.45) is 4.47. The Morgan fingerprint density at radius 1 is 1.00 bits per heavy atom. The van der Waals surface area contributed by atoms with Crippen LogP contribution in [0.15, 0.2) is 42.5 Å². The molecule has 1 aliphatic rings. The number of nitrogens with one attached hydrogen (secondary N) is 1. The average Bonchev–Trinajstić information content (AvgIpc) is 2.84. The summed E-state index contributed by atoms with van der Waals surface area (Å²) in [4.78, 5) is 15.0. The minimum Gasteiger partial charge on any atom is -0.317 e. The van der Waals surface area contributed by atoms with Gasteiger partial charge in [0, 0.05) is 12.2 Å². The molecule has 1 atom stereocenters. The number of carbonyl (C=O) groups is 1. The monoisotopic (exact) mass is 336 g/mol. The first-order valence-electron chi connectivity index (χ1n) is 9.26. The van der Waals surface area contributed by atoms with Crippen LogP contribution in [-0.4, -0.2) is 17.5 Å². The van der Waals surface area contributed by atoms with E-state index in [9.17, 15) is 4.79 Å². The van der Waals surface area contributed by atoms with Gasteiger partial charge in [0.05, 0.1) is 6.04 Å². The van der Waals surface area contributed by atoms with E-state index in [-0.39, 0.29) is 12.1 Å². The van der Waals surface area contributed by atoms with Gasteiger partial charge in [-0.15, -0.1) is 0 Å². The quantitative estimate of drug-likeness (QED) is 0.743. The number of likely N-dealkylation sites (tertiary alicyclic amines) is 1. The predicted molar refractivity (Wildman–Crippen MR) is 104 cm³/mol. The minimum atomic E-state index is 0.0108. The minimum absolute atomic E-state index is 0.0108. The number of rotatable bonds is 2. The fourth-order valence-corrected chi connectivity index (χ4v) is 3.59. The fraction of sp³-hybridized carbons (Fsp3) is 0.409. The van der Waals surface area contributed by atoms with Crippen LogP contribution >= 0.6 is 0 Å². The molecule has 132 valence electrons. The topological polar surface area (TPSA) is 32.3 Å². The summed E-state index contributed by atoms with van der Waals surface area (Å²) in [7, 11) is 0. The number of hydrogen-bond acceptors (Lipinski definition) is 1. The molecule has 0 saturated carbocycles. The van der Waals surface area contributed by atoms with Crippen LogP contribution in [0.4, 0.5) is 10.5 Å². The Labute approximate surface area is 151 Å². The Kier molecular flexibility index (Phi) is 5.42. The van der Waals surface area contributed by atoms with Crippen LogP contribution < -0.4 is 5.32 Å². The van der Waals surface area contributed by atoms with E-state index in [0.717, 1.165) is 25.1 Å². The van der Waals surface area contributed by atoms with Gasteiger partial charge in [-0.2, -0.15) is 0 Å². The van der Waals surface area contributed by atoms with Crippen molar-refractivity contribution in [1.29, 1.82) is 0 Å². The normalized spacial score (nSPS) is 17.9. The van der Waals surface area contributed by atoms with E-state index in [1.54, 1.807) is 0 Å². The highest BCUT2D eigenvalue weighted by molar-refractivity contribution is 5.89. The van der Waals surface area contributed by atoms with Crippen molar-refractivity contribution in [1.82, 2.24) is 4.90 Å². The van der Waals surface area contributed by atoms with Gasteiger partial charge in [0.1, 0.15) is 0 Å². The number of carbonyl (C=O) groups excluding carboxylic acids is 1. The first kappa shape index (κ1) is 17.5. The van der Waals surface area contributed by atoms with Gasteiger partial charge in [-0.3, -0.25) is 0 Å². The Morgan fingerprint density at radius 2 is 1.84 bits per heavy atom. The van der Waals surface area contributed by atoms with Crippen molar-refractivity contribution < 1.29 is 4.79 Å². The van der Waals surface area contributed by atoms with Crippen molar-refractivity contribution in [2.24, 2.45) is 0 Å². The molecule has 2 aromatic rings. The largest absolute Gasteiger partial charge is 0.322 e. The van der Waals surface area contributed by atoms with Crippen LogP contribution in [0.5, 0.6) is 0 Å². The number of aryl methyl sites for hydroxylation is 3. The number of hydrogen-bond donors (Lipinski definition) is 1. The summed E-state index contributed by atoms with van der Waals surface area (Å²) in [5.74, 6) is 0. The molecule has 0 unspecified atom stereocenters. The number of urea groups is 1. The standard InChI is InChI=1S/C22H28N2O/c1-16-8-7-9-19(14-16)21-10-5-4-6-13-24(21)22(25)23-20-12-11-17(2)18(3)15-20/h7-9,11-12,14-15,21H,4-6,10,13H2,1-3H3,(H,23,25)/t21-/m1/s1. The van der Waals surface area contributed by atoms with Crippen LogP contribution in [0.25, 0.3) is 0 Å². The summed E-state index contributed by atoms with van der Waals surface area (Å²) < 4.78 is 0. The van der Waals surface area contributed by atoms with E-state index in [1.807, 2.05) is 17.0 Å². The van der Waals surface area contributed by atoms with Crippen molar-refractivity contribution in [2.45, 2.75) is 52.5 Å². The van der Waals surface area contributed by atoms with Crippen molar-refractivity contribution in [3.8, 4) is 0 Å². The molecule has 1 aliphatic heterocycles. The van der Waals surface area contributed by atoms with Gasteiger partial charge in [0.15, 0.2) is 0 Å². The highest BCUT2D eigenvalue weighted by Crippen LogP contribution is 2.31. The summed E-state index contributed by atoms with van der Waals surface area (Å²) in [5, 5.41) is 3.11. The smallest absolute Gasteiger partial charge is 0.317 e. The van der Waals surface area contributed by atoms with E-state index in [2.05, 4.69) is 56.4 Å². The molecule has 1 N–H and O–H groups in total. The molecule has 1 saturated heterocycles. The predicted octanol–water partition coefficient (Wildman–Crippen LogP) is 5.76. The van der Waals surface area contributed by atoms with Crippen molar-refractivity contribution in [2.75, 3.05) is 11.9 Å². The zero-order valence-electron chi connectivity index (χ0n) is 15.5. The molecule has 0 bridgehead atoms. The zero-order valence-corrected chi connectivity index (χ0v) is 15.5. The van der Waals surface area contributed by atoms with Crippen LogP contribution in [0.2, 0.25) is 0 Å². The molecule has 2 aromatic carbocycles. The molecule has 3 rings (SSSR count). The first-order chi connectivity index (χ1) is 12.0. The number of benzene rings is 2. The number of nitrogens with zero attached hydrogens (tertiary/aromatic N) is 1. The maximum Gasteiger partial charge on any atom is 0.322 e. The van der Waals surface area contributed by atoms with E-state index in [4.69, 9.17) is 0 Å². The lowest BCUT2D eigenvalue weighted by molar-refractivity contribution is 0.189. The fourth-order valence-electron chi connectivity index (χ4n) is 3.59. The van der Waals surface area contributed by atoms with Crippen LogP contribution in [0, 0.1) is 20.8 Å². The summed E-state index contributed by atoms with van der Waals surface area (Å²) >= 11 is 0. The highest BCUT2D eigenvalue weighted by Gasteiger charge is 2.27. The lowest BCUT2D eigenvalue weighted by Gasteiger charge is -2.31. The van der Waals surface area contributed by atoms with Crippen LogP contribution in [0.1, 0.15) is 54.0 Å². The molecular weight excluding hydrogens is 308 g/mol. The molecule has 0 radical (unpaired) electrons. The lowest BCUT2D eigenvalue weighted by Crippen LogP contribution is -2.38. The molecule has 0 aliphatic carbocycles. The van der Waals surface area contributed by atoms with E-state index >= 15 is 0 Å². The van der Waals surface area contributed by atoms with Gasteiger partial charge in [0.25, 0.3) is 0 Å². The summed E-state index contributed by atoms with van der Waals surface area (Å²) in [6, 6.07) is 14.8. The molecule has 0 aromatic heterocycles. The van der Waals surface area contributed by atoms with Crippen LogP contribution in [-0.2, 0) is 0 Å². The second kappa shape index (κ2) is 7.73. The first-order valence-corrected chi connectivity index (χ1v) is 9.26. The van der Waals surface area contributed by atoms with Gasteiger partial charge < -0.3 is 10.2 Å². The third kappa shape index (κ3) is 4.22. The summed E-state index contributed by atoms with van der Waals surface area (Å²) in [5.41, 5.74) is 5.81. The van der Waals surface area contributed by atoms with Gasteiger partial charge in [-0.05, 0) is 62.4 Å². The maximum atomic E-state index is 13.0. The Hall–Kier alpha value is -2.29. The van der Waals surface area contributed by atoms with Crippen molar-refractivity contribution >= 4 is 11.7 Å². The van der Waals surface area contributed by atoms with Gasteiger partial charge in [-0.1, -0.05) is 48.7 Å². The third-order valence-electron chi connectivity index (χ3n) is 5.20. The Balaban J connectivity index is 1.82. The van der Waals surface area contributed by atoms with E-state index in [1.165, 1.54) is 35.1 Å². The lowest BCUT2D eigenvalue weighted by atomic mass is 9.99. The molecular formula is C22H28N2O. The SMILES string of the molecule is Cc1cccc([C@H]2CCCCCN2C(=O)Nc2ccc(C)c(C)c2)c1. The average molecular weight is 336 g/mol. The zero-order chi connectivity index (χ0) is 17.8. The molecule has 1 heterocycles. The van der Waals surface area contributed by atoms with Crippen molar-refractivity contribution in [3.05, 3.63) is 64.7 Å². The van der Waals surface area contributed by atoms with Crippen LogP contribution in [0.3, 0.4) is 0 Å². The van der Waals surface area contributed by atoms with Gasteiger partial charge in [-0.25, -0.2) is 4.79 Å². The maximum absolute atomic E-state index is 13.0. The highest BCUT2D eigenvalue weighted by atomic mass is 16.2. The van der Waals surface area contributed by atoms with E-state index < -0.39 is 0 Å². The summed E-state index contributed by atoms with van der Waals surface area (Å²) in [6.45, 7) is 7.09. The van der Waals surface area contributed by atoms with Crippen molar-refractivity contribution in [3.63, 3.8) is 0 Å². The molecule has 3 heteroatoms. The Bertz CT molecular complexity index is 753. The Morgan fingerprint density at radius 3 is 2.60 bits per heavy atom. The van der Waals surface area contributed by atoms with Gasteiger partial charge in [0.2, 0.25) is 0 Å². The molecule has 25 heavy (non-hydrogen) atoms. The van der Waals surface area contributed by atoms with E-state index in [0.29, 0.717) is 0 Å². The second-order valence-electron chi connectivity index (χ2n) is 7.20. The molecule has 2 amide bonds. The third-order valence-corrected chi connectivity index (χ3v) is 5.20. The van der Waals surface area contributed by atoms with Gasteiger partial charge >= 0.3 is 6.03 Å². The molecule has 1 fully saturated rings. The number of amides is 2. The number of anilines is 1. The molecule has 0 spiro atoms. The second-order valence-corrected chi connectivity index (χ2v) is 7.20.